The average molecular weight is 353 g/mol. The zero-order chi connectivity index (χ0) is 16.6. The number of benzene rings is 3. The summed E-state index contributed by atoms with van der Waals surface area (Å²) in [5, 5.41) is 0. The lowest BCUT2D eigenvalue weighted by atomic mass is 9.95. The molecule has 0 nitrogen and oxygen atoms in total. The Hall–Kier alpha value is -1.70. The van der Waals surface area contributed by atoms with E-state index >= 15 is 0 Å². The molecule has 0 aliphatic rings. The minimum atomic E-state index is 0.749. The highest BCUT2D eigenvalue weighted by molar-refractivity contribution is 7.99. The summed E-state index contributed by atoms with van der Waals surface area (Å²) < 4.78 is 0. The summed E-state index contributed by atoms with van der Waals surface area (Å²) in [6, 6.07) is 28.0. The number of unbranched alkanes of at least 4 members (excludes halogenated alkanes) is 1. The number of hydrogen-bond acceptors (Lipinski definition) is 1. The third-order valence-electron chi connectivity index (χ3n) is 3.97. The minimum Gasteiger partial charge on any atom is -0.127 e. The quantitative estimate of drug-likeness (QED) is 0.247. The van der Waals surface area contributed by atoms with E-state index in [0.717, 1.165) is 24.5 Å². The molecule has 0 atom stereocenters. The van der Waals surface area contributed by atoms with Crippen LogP contribution in [-0.4, -0.2) is 11.6 Å². The van der Waals surface area contributed by atoms with Crippen molar-refractivity contribution in [1.82, 2.24) is 0 Å². The third-order valence-corrected chi connectivity index (χ3v) is 5.40. The third kappa shape index (κ3) is 4.23. The summed E-state index contributed by atoms with van der Waals surface area (Å²) in [4.78, 5) is 1.34. The van der Waals surface area contributed by atoms with Gasteiger partial charge in [-0.2, -0.15) is 0 Å². The maximum atomic E-state index is 5.79. The van der Waals surface area contributed by atoms with Gasteiger partial charge in [0.25, 0.3) is 0 Å². The lowest BCUT2D eigenvalue weighted by molar-refractivity contribution is 0.903. The lowest BCUT2D eigenvalue weighted by Crippen LogP contribution is -1.89. The van der Waals surface area contributed by atoms with Gasteiger partial charge in [-0.3, -0.25) is 0 Å². The Morgan fingerprint density at radius 3 is 2.00 bits per heavy atom. The van der Waals surface area contributed by atoms with Gasteiger partial charge in [-0.25, -0.2) is 0 Å². The van der Waals surface area contributed by atoms with Crippen molar-refractivity contribution in [1.29, 1.82) is 0 Å². The molecule has 0 N–H and O–H groups in total. The highest BCUT2D eigenvalue weighted by Gasteiger charge is 2.10. The van der Waals surface area contributed by atoms with Gasteiger partial charge in [-0.05, 0) is 46.9 Å². The van der Waals surface area contributed by atoms with Crippen molar-refractivity contribution in [2.45, 2.75) is 17.7 Å². The molecular weight excluding hydrogens is 332 g/mol. The Balaban J connectivity index is 1.95. The maximum Gasteiger partial charge on any atom is 0.0223 e. The van der Waals surface area contributed by atoms with Gasteiger partial charge in [0.1, 0.15) is 0 Å². The molecule has 2 heteroatoms. The molecule has 122 valence electrons. The van der Waals surface area contributed by atoms with Crippen LogP contribution in [0.1, 0.15) is 12.8 Å². The van der Waals surface area contributed by atoms with Gasteiger partial charge in [0.15, 0.2) is 0 Å². The second-order valence-electron chi connectivity index (χ2n) is 5.65. The van der Waals surface area contributed by atoms with Crippen LogP contribution < -0.4 is 0 Å². The van der Waals surface area contributed by atoms with E-state index < -0.39 is 0 Å². The average Bonchev–Trinajstić information content (AvgIpc) is 2.66. The van der Waals surface area contributed by atoms with Crippen LogP contribution in [0.25, 0.3) is 22.3 Å². The van der Waals surface area contributed by atoms with Crippen LogP contribution in [0.5, 0.6) is 0 Å². The van der Waals surface area contributed by atoms with E-state index in [1.807, 2.05) is 11.8 Å². The van der Waals surface area contributed by atoms with Crippen LogP contribution in [0, 0.1) is 0 Å². The molecule has 3 aromatic rings. The summed E-state index contributed by atoms with van der Waals surface area (Å²) in [6.45, 7) is 0. The van der Waals surface area contributed by atoms with Crippen molar-refractivity contribution in [3.63, 3.8) is 0 Å². The number of rotatable bonds is 7. The van der Waals surface area contributed by atoms with Crippen LogP contribution >= 0.6 is 23.4 Å². The molecule has 0 bridgehead atoms. The lowest BCUT2D eigenvalue weighted by Gasteiger charge is -2.14. The largest absolute Gasteiger partial charge is 0.127 e. The molecular formula is C22H21ClS. The summed E-state index contributed by atoms with van der Waals surface area (Å²) in [5.74, 6) is 1.86. The van der Waals surface area contributed by atoms with Gasteiger partial charge >= 0.3 is 0 Å². The molecule has 0 unspecified atom stereocenters. The Kier molecular flexibility index (Phi) is 6.40. The fraction of sp³-hybridized carbons (Fsp3) is 0.182. The molecule has 3 aromatic carbocycles. The molecule has 0 saturated carbocycles. The summed E-state index contributed by atoms with van der Waals surface area (Å²) in [7, 11) is 0. The van der Waals surface area contributed by atoms with E-state index in [-0.39, 0.29) is 0 Å². The van der Waals surface area contributed by atoms with Crippen LogP contribution in [0.3, 0.4) is 0 Å². The van der Waals surface area contributed by atoms with Gasteiger partial charge in [0.05, 0.1) is 0 Å². The van der Waals surface area contributed by atoms with Crippen LogP contribution in [0.2, 0.25) is 0 Å². The predicted octanol–water partition coefficient (Wildman–Crippen LogP) is 7.13. The SMILES string of the molecule is ClCCCCSc1ccccc1-c1ccccc1-c1ccccc1. The first-order valence-electron chi connectivity index (χ1n) is 8.33. The van der Waals surface area contributed by atoms with Crippen LogP contribution in [-0.2, 0) is 0 Å². The van der Waals surface area contributed by atoms with Crippen molar-refractivity contribution in [3.8, 4) is 22.3 Å². The van der Waals surface area contributed by atoms with Gasteiger partial charge < -0.3 is 0 Å². The van der Waals surface area contributed by atoms with Crippen LogP contribution in [0.4, 0.5) is 0 Å². The Bertz CT molecular complexity index is 768. The van der Waals surface area contributed by atoms with Gasteiger partial charge in [0, 0.05) is 10.8 Å². The van der Waals surface area contributed by atoms with E-state index in [4.69, 9.17) is 11.6 Å². The molecule has 0 amide bonds. The van der Waals surface area contributed by atoms with E-state index in [0.29, 0.717) is 0 Å². The molecule has 0 spiro atoms. The summed E-state index contributed by atoms with van der Waals surface area (Å²) >= 11 is 7.72. The second kappa shape index (κ2) is 8.96. The molecule has 0 saturated heterocycles. The molecule has 0 radical (unpaired) electrons. The van der Waals surface area contributed by atoms with Crippen LogP contribution in [0.15, 0.2) is 83.8 Å². The van der Waals surface area contributed by atoms with Crippen molar-refractivity contribution < 1.29 is 0 Å². The fourth-order valence-electron chi connectivity index (χ4n) is 2.78. The fourth-order valence-corrected chi connectivity index (χ4v) is 4.05. The zero-order valence-corrected chi connectivity index (χ0v) is 15.2. The standard InChI is InChI=1S/C22H21ClS/c23-16-8-9-17-24-22-15-7-6-14-21(22)20-13-5-4-12-19(20)18-10-2-1-3-11-18/h1-7,10-15H,8-9,16-17H2. The van der Waals surface area contributed by atoms with Gasteiger partial charge in [-0.1, -0.05) is 72.8 Å². The number of alkyl halides is 1. The topological polar surface area (TPSA) is 0 Å². The van der Waals surface area contributed by atoms with Crippen molar-refractivity contribution in [2.75, 3.05) is 11.6 Å². The second-order valence-corrected chi connectivity index (χ2v) is 7.17. The first kappa shape index (κ1) is 17.1. The number of thioether (sulfide) groups is 1. The van der Waals surface area contributed by atoms with Gasteiger partial charge in [-0.15, -0.1) is 23.4 Å². The van der Waals surface area contributed by atoms with E-state index in [1.54, 1.807) is 0 Å². The Labute approximate surface area is 153 Å². The summed E-state index contributed by atoms with van der Waals surface area (Å²) in [6.07, 6.45) is 2.24. The maximum absolute atomic E-state index is 5.79. The first-order valence-corrected chi connectivity index (χ1v) is 9.85. The minimum absolute atomic E-state index is 0.749. The Morgan fingerprint density at radius 1 is 0.625 bits per heavy atom. The molecule has 24 heavy (non-hydrogen) atoms. The molecule has 0 fully saturated rings. The Morgan fingerprint density at radius 2 is 1.25 bits per heavy atom. The molecule has 0 aromatic heterocycles. The van der Waals surface area contributed by atoms with Crippen molar-refractivity contribution in [2.24, 2.45) is 0 Å². The molecule has 0 aliphatic heterocycles. The number of halogens is 1. The molecule has 0 aliphatic carbocycles. The van der Waals surface area contributed by atoms with E-state index in [1.165, 1.54) is 27.1 Å². The normalized spacial score (nSPS) is 10.7. The van der Waals surface area contributed by atoms with Gasteiger partial charge in [0.2, 0.25) is 0 Å². The number of hydrogen-bond donors (Lipinski definition) is 0. The first-order chi connectivity index (χ1) is 11.9. The molecule has 0 heterocycles. The van der Waals surface area contributed by atoms with Crippen molar-refractivity contribution in [3.05, 3.63) is 78.9 Å². The summed E-state index contributed by atoms with van der Waals surface area (Å²) in [5.41, 5.74) is 5.15. The molecule has 3 rings (SSSR count). The van der Waals surface area contributed by atoms with Crippen molar-refractivity contribution >= 4 is 23.4 Å². The highest BCUT2D eigenvalue weighted by atomic mass is 35.5. The van der Waals surface area contributed by atoms with E-state index in [9.17, 15) is 0 Å². The van der Waals surface area contributed by atoms with E-state index in [2.05, 4.69) is 78.9 Å². The predicted molar refractivity (Wildman–Crippen MR) is 108 cm³/mol. The highest BCUT2D eigenvalue weighted by Crippen LogP contribution is 2.37. The monoisotopic (exact) mass is 352 g/mol. The zero-order valence-electron chi connectivity index (χ0n) is 13.6. The smallest absolute Gasteiger partial charge is 0.0223 e.